The van der Waals surface area contributed by atoms with Crippen molar-refractivity contribution in [2.75, 3.05) is 17.5 Å². The Labute approximate surface area is 83.4 Å². The van der Waals surface area contributed by atoms with E-state index in [1.54, 1.807) is 0 Å². The summed E-state index contributed by atoms with van der Waals surface area (Å²) >= 11 is 2.51. The number of piperidine rings is 1. The summed E-state index contributed by atoms with van der Waals surface area (Å²) in [5.74, 6) is 5.70. The molecule has 0 saturated carbocycles. The van der Waals surface area contributed by atoms with Crippen molar-refractivity contribution in [2.45, 2.75) is 19.2 Å². The second kappa shape index (κ2) is 4.09. The van der Waals surface area contributed by atoms with Crippen molar-refractivity contribution in [1.82, 2.24) is 5.01 Å². The van der Waals surface area contributed by atoms with Crippen LogP contribution in [0.2, 0.25) is 6.32 Å². The molecule has 1 aliphatic rings. The van der Waals surface area contributed by atoms with Gasteiger partial charge in [0.05, 0.1) is 0 Å². The zero-order chi connectivity index (χ0) is 8.32. The van der Waals surface area contributed by atoms with E-state index in [2.05, 4.69) is 30.4 Å². The van der Waals surface area contributed by atoms with E-state index in [0.717, 1.165) is 13.1 Å². The van der Waals surface area contributed by atoms with E-state index < -0.39 is 0 Å². The Morgan fingerprint density at radius 3 is 2.36 bits per heavy atom. The first kappa shape index (κ1) is 9.80. The van der Waals surface area contributed by atoms with Crippen LogP contribution >= 0.6 is 22.6 Å². The van der Waals surface area contributed by atoms with Gasteiger partial charge in [-0.2, -0.15) is 0 Å². The molecule has 0 bridgehead atoms. The largest absolute Gasteiger partial charge is 0.269 e. The van der Waals surface area contributed by atoms with E-state index >= 15 is 0 Å². The lowest BCUT2D eigenvalue weighted by Gasteiger charge is -2.38. The van der Waals surface area contributed by atoms with Crippen LogP contribution in [0.1, 0.15) is 12.8 Å². The molecule has 1 aliphatic heterocycles. The molecule has 1 heterocycles. The van der Waals surface area contributed by atoms with Gasteiger partial charge in [-0.15, -0.1) is 0 Å². The second-order valence-corrected chi connectivity index (χ2v) is 4.29. The van der Waals surface area contributed by atoms with Crippen molar-refractivity contribution in [3.8, 4) is 0 Å². The van der Waals surface area contributed by atoms with Crippen molar-refractivity contribution in [2.24, 2.45) is 11.3 Å². The molecule has 1 rings (SSSR count). The summed E-state index contributed by atoms with van der Waals surface area (Å²) in [4.78, 5) is 0. The molecule has 0 radical (unpaired) electrons. The third-order valence-corrected chi connectivity index (χ3v) is 4.51. The van der Waals surface area contributed by atoms with Gasteiger partial charge in [0.2, 0.25) is 0 Å². The highest BCUT2D eigenvalue weighted by atomic mass is 127. The van der Waals surface area contributed by atoms with Crippen molar-refractivity contribution < 1.29 is 0 Å². The third-order valence-electron chi connectivity index (χ3n) is 2.89. The summed E-state index contributed by atoms with van der Waals surface area (Å²) in [6, 6.07) is 0. The van der Waals surface area contributed by atoms with Gasteiger partial charge >= 0.3 is 0 Å². The Balaban J connectivity index is 2.45. The maximum Gasteiger partial charge on any atom is 0.102 e. The van der Waals surface area contributed by atoms with E-state index in [1.165, 1.54) is 23.6 Å². The molecular weight excluding hydrogens is 250 g/mol. The molecule has 0 aromatic rings. The van der Waals surface area contributed by atoms with Gasteiger partial charge in [0, 0.05) is 17.5 Å². The maximum atomic E-state index is 5.70. The van der Waals surface area contributed by atoms with E-state index in [-0.39, 0.29) is 0 Å². The highest BCUT2D eigenvalue weighted by molar-refractivity contribution is 14.1. The minimum atomic E-state index is 0.608. The second-order valence-electron chi connectivity index (χ2n) is 3.52. The normalized spacial score (nSPS) is 25.3. The van der Waals surface area contributed by atoms with E-state index in [1.807, 2.05) is 5.01 Å². The van der Waals surface area contributed by atoms with E-state index in [4.69, 9.17) is 5.84 Å². The zero-order valence-electron chi connectivity index (χ0n) is 7.15. The van der Waals surface area contributed by atoms with Crippen molar-refractivity contribution >= 4 is 30.4 Å². The molecule has 2 nitrogen and oxygen atoms in total. The molecule has 0 unspecified atom stereocenters. The fourth-order valence-electron chi connectivity index (χ4n) is 1.58. The van der Waals surface area contributed by atoms with Gasteiger partial charge in [-0.3, -0.25) is 5.84 Å². The zero-order valence-corrected chi connectivity index (χ0v) is 9.30. The SMILES string of the molecule is BCC1(CI)CCN(N)CC1. The quantitative estimate of drug-likeness (QED) is 0.340. The fourth-order valence-corrected chi connectivity index (χ4v) is 2.88. The molecular formula is C7H16BIN2. The topological polar surface area (TPSA) is 29.3 Å². The number of alkyl halides is 1. The number of hydrazine groups is 1. The summed E-state index contributed by atoms with van der Waals surface area (Å²) in [7, 11) is 2.30. The van der Waals surface area contributed by atoms with Gasteiger partial charge < -0.3 is 0 Å². The summed E-state index contributed by atoms with van der Waals surface area (Å²) in [6.45, 7) is 2.16. The maximum absolute atomic E-state index is 5.70. The molecule has 1 saturated heterocycles. The van der Waals surface area contributed by atoms with Crippen molar-refractivity contribution in [1.29, 1.82) is 0 Å². The van der Waals surface area contributed by atoms with Crippen LogP contribution in [0.15, 0.2) is 0 Å². The highest BCUT2D eigenvalue weighted by Gasteiger charge is 2.30. The van der Waals surface area contributed by atoms with Crippen LogP contribution in [-0.2, 0) is 0 Å². The molecule has 0 spiro atoms. The lowest BCUT2D eigenvalue weighted by molar-refractivity contribution is 0.140. The molecule has 0 aromatic heterocycles. The van der Waals surface area contributed by atoms with Crippen LogP contribution in [0.25, 0.3) is 0 Å². The smallest absolute Gasteiger partial charge is 0.102 e. The van der Waals surface area contributed by atoms with Gasteiger partial charge in [-0.25, -0.2) is 5.01 Å². The van der Waals surface area contributed by atoms with Crippen molar-refractivity contribution in [3.05, 3.63) is 0 Å². The summed E-state index contributed by atoms with van der Waals surface area (Å²) in [6.07, 6.45) is 3.87. The summed E-state index contributed by atoms with van der Waals surface area (Å²) in [5.41, 5.74) is 0.608. The van der Waals surface area contributed by atoms with Crippen LogP contribution in [0.4, 0.5) is 0 Å². The Kier molecular flexibility index (Phi) is 3.65. The Hall–Kier alpha value is 0.715. The number of hydrogen-bond donors (Lipinski definition) is 1. The predicted molar refractivity (Wildman–Crippen MR) is 59.7 cm³/mol. The Morgan fingerprint density at radius 1 is 1.45 bits per heavy atom. The predicted octanol–water partition coefficient (Wildman–Crippen LogP) is 0.429. The summed E-state index contributed by atoms with van der Waals surface area (Å²) in [5, 5.41) is 1.94. The number of nitrogens with zero attached hydrogens (tertiary/aromatic N) is 1. The molecule has 0 amide bonds. The number of rotatable bonds is 2. The molecule has 1 fully saturated rings. The molecule has 0 aliphatic carbocycles. The Morgan fingerprint density at radius 2 is 2.00 bits per heavy atom. The van der Waals surface area contributed by atoms with Gasteiger partial charge in [-0.05, 0) is 18.3 Å². The average Bonchev–Trinajstić information content (AvgIpc) is 2.07. The molecule has 64 valence electrons. The van der Waals surface area contributed by atoms with Crippen LogP contribution in [0.3, 0.4) is 0 Å². The van der Waals surface area contributed by atoms with E-state index in [9.17, 15) is 0 Å². The van der Waals surface area contributed by atoms with Crippen LogP contribution in [0, 0.1) is 5.41 Å². The number of hydrogen-bond acceptors (Lipinski definition) is 2. The molecule has 2 N–H and O–H groups in total. The van der Waals surface area contributed by atoms with Crippen LogP contribution in [-0.4, -0.2) is 30.4 Å². The lowest BCUT2D eigenvalue weighted by Crippen LogP contribution is -2.44. The molecule has 0 atom stereocenters. The van der Waals surface area contributed by atoms with Crippen LogP contribution in [0.5, 0.6) is 0 Å². The van der Waals surface area contributed by atoms with Crippen LogP contribution < -0.4 is 5.84 Å². The van der Waals surface area contributed by atoms with Crippen molar-refractivity contribution in [3.63, 3.8) is 0 Å². The van der Waals surface area contributed by atoms with Gasteiger partial charge in [-0.1, -0.05) is 28.9 Å². The number of nitrogens with two attached hydrogens (primary N) is 1. The third kappa shape index (κ3) is 2.32. The monoisotopic (exact) mass is 266 g/mol. The van der Waals surface area contributed by atoms with Gasteiger partial charge in [0.25, 0.3) is 0 Å². The first-order valence-electron chi connectivity index (χ1n) is 4.28. The Bertz CT molecular complexity index is 118. The fraction of sp³-hybridized carbons (Fsp3) is 1.00. The van der Waals surface area contributed by atoms with E-state index in [0.29, 0.717) is 5.41 Å². The lowest BCUT2D eigenvalue weighted by atomic mass is 9.71. The molecule has 0 aromatic carbocycles. The standard InChI is InChI=1S/C7H16BIN2/c8-5-7(6-9)1-3-11(10)4-2-7/h1-6,8,10H2. The number of halogens is 1. The minimum absolute atomic E-state index is 0.608. The summed E-state index contributed by atoms with van der Waals surface area (Å²) < 4.78 is 1.29. The first-order valence-corrected chi connectivity index (χ1v) is 5.80. The molecule has 4 heteroatoms. The highest BCUT2D eigenvalue weighted by Crippen LogP contribution is 2.35. The first-order chi connectivity index (χ1) is 5.22. The van der Waals surface area contributed by atoms with Gasteiger partial charge in [0.15, 0.2) is 0 Å². The molecule has 11 heavy (non-hydrogen) atoms. The van der Waals surface area contributed by atoms with Gasteiger partial charge in [0.1, 0.15) is 7.85 Å². The average molecular weight is 266 g/mol. The minimum Gasteiger partial charge on any atom is -0.269 e.